The summed E-state index contributed by atoms with van der Waals surface area (Å²) in [5.74, 6) is 0.0794. The van der Waals surface area contributed by atoms with E-state index in [1.807, 2.05) is 30.3 Å². The molecule has 0 aromatic heterocycles. The maximum atomic E-state index is 12.2. The number of fused-ring (bicyclic) bond motifs is 1. The molecule has 0 fully saturated rings. The third-order valence-electron chi connectivity index (χ3n) is 2.99. The van der Waals surface area contributed by atoms with E-state index < -0.39 is 0 Å². The molecule has 17 heavy (non-hydrogen) atoms. The summed E-state index contributed by atoms with van der Waals surface area (Å²) in [6.07, 6.45) is 0. The fourth-order valence-electron chi connectivity index (χ4n) is 2.14. The molecule has 0 saturated carbocycles. The maximum absolute atomic E-state index is 12.2. The second-order valence-corrected chi connectivity index (χ2v) is 4.04. The molecular weight excluding hydrogens is 214 g/mol. The predicted molar refractivity (Wildman–Crippen MR) is 65.1 cm³/mol. The minimum absolute atomic E-state index is 0.0536. The first-order valence-corrected chi connectivity index (χ1v) is 5.45. The first kappa shape index (κ1) is 9.90. The van der Waals surface area contributed by atoms with Gasteiger partial charge in [-0.2, -0.15) is 0 Å². The number of carbonyl (C=O) groups excluding carboxylic acids is 1. The Balaban J connectivity index is 2.05. The highest BCUT2D eigenvalue weighted by Gasteiger charge is 2.29. The molecule has 0 spiro atoms. The quantitative estimate of drug-likeness (QED) is 0.810. The number of phenolic OH excluding ortho intramolecular Hbond substituents is 1. The highest BCUT2D eigenvalue weighted by Crippen LogP contribution is 2.33. The van der Waals surface area contributed by atoms with Crippen molar-refractivity contribution in [2.24, 2.45) is 0 Å². The number of amides is 1. The van der Waals surface area contributed by atoms with Crippen molar-refractivity contribution in [3.63, 3.8) is 0 Å². The zero-order valence-electron chi connectivity index (χ0n) is 9.13. The van der Waals surface area contributed by atoms with Crippen LogP contribution >= 0.6 is 0 Å². The lowest BCUT2D eigenvalue weighted by molar-refractivity contribution is 0.0996. The SMILES string of the molecule is O=C1c2ccccc2CN1c1ccccc1O. The molecule has 1 heterocycles. The van der Waals surface area contributed by atoms with Gasteiger partial charge in [-0.1, -0.05) is 30.3 Å². The van der Waals surface area contributed by atoms with E-state index in [2.05, 4.69) is 0 Å². The Morgan fingerprint density at radius 1 is 1.00 bits per heavy atom. The fraction of sp³-hybridized carbons (Fsp3) is 0.0714. The molecule has 0 radical (unpaired) electrons. The Hall–Kier alpha value is -2.29. The number of carbonyl (C=O) groups is 1. The number of anilines is 1. The van der Waals surface area contributed by atoms with Crippen molar-refractivity contribution >= 4 is 11.6 Å². The average Bonchev–Trinajstić information content (AvgIpc) is 2.68. The van der Waals surface area contributed by atoms with Crippen LogP contribution in [0.1, 0.15) is 15.9 Å². The number of para-hydroxylation sites is 2. The van der Waals surface area contributed by atoms with Crippen LogP contribution in [0.25, 0.3) is 0 Å². The Morgan fingerprint density at radius 3 is 2.47 bits per heavy atom. The van der Waals surface area contributed by atoms with Crippen LogP contribution in [0.15, 0.2) is 48.5 Å². The molecular formula is C14H11NO2. The summed E-state index contributed by atoms with van der Waals surface area (Å²) in [6.45, 7) is 0.520. The summed E-state index contributed by atoms with van der Waals surface area (Å²) in [4.78, 5) is 13.8. The summed E-state index contributed by atoms with van der Waals surface area (Å²) in [5.41, 5.74) is 2.28. The monoisotopic (exact) mass is 225 g/mol. The summed E-state index contributed by atoms with van der Waals surface area (Å²) >= 11 is 0. The molecule has 3 heteroatoms. The van der Waals surface area contributed by atoms with E-state index in [1.165, 1.54) is 0 Å². The lowest BCUT2D eigenvalue weighted by Gasteiger charge is -2.16. The molecule has 2 aromatic rings. The van der Waals surface area contributed by atoms with Crippen LogP contribution < -0.4 is 4.90 Å². The normalized spacial score (nSPS) is 13.9. The largest absolute Gasteiger partial charge is 0.506 e. The molecule has 2 aromatic carbocycles. The second-order valence-electron chi connectivity index (χ2n) is 4.04. The van der Waals surface area contributed by atoms with Gasteiger partial charge in [0.25, 0.3) is 5.91 Å². The maximum Gasteiger partial charge on any atom is 0.259 e. The van der Waals surface area contributed by atoms with Gasteiger partial charge in [-0.3, -0.25) is 4.79 Å². The van der Waals surface area contributed by atoms with Crippen LogP contribution in [0, 0.1) is 0 Å². The zero-order valence-corrected chi connectivity index (χ0v) is 9.13. The van der Waals surface area contributed by atoms with E-state index in [1.54, 1.807) is 23.1 Å². The van der Waals surface area contributed by atoms with Crippen LogP contribution in [0.5, 0.6) is 5.75 Å². The third-order valence-corrected chi connectivity index (χ3v) is 2.99. The molecule has 1 aliphatic rings. The molecule has 1 N–H and O–H groups in total. The average molecular weight is 225 g/mol. The van der Waals surface area contributed by atoms with E-state index in [-0.39, 0.29) is 11.7 Å². The van der Waals surface area contributed by atoms with Gasteiger partial charge in [-0.25, -0.2) is 0 Å². The summed E-state index contributed by atoms with van der Waals surface area (Å²) in [6, 6.07) is 14.4. The molecule has 84 valence electrons. The lowest BCUT2D eigenvalue weighted by Crippen LogP contribution is -2.22. The molecule has 0 aliphatic carbocycles. The number of hydrogen-bond acceptors (Lipinski definition) is 2. The number of hydrogen-bond donors (Lipinski definition) is 1. The van der Waals surface area contributed by atoms with Gasteiger partial charge >= 0.3 is 0 Å². The van der Waals surface area contributed by atoms with Crippen molar-refractivity contribution < 1.29 is 9.90 Å². The zero-order chi connectivity index (χ0) is 11.8. The predicted octanol–water partition coefficient (Wildman–Crippen LogP) is 2.55. The van der Waals surface area contributed by atoms with Crippen LogP contribution in [0.3, 0.4) is 0 Å². The molecule has 1 aliphatic heterocycles. The first-order chi connectivity index (χ1) is 8.27. The number of rotatable bonds is 1. The number of benzene rings is 2. The number of aromatic hydroxyl groups is 1. The molecule has 0 atom stereocenters. The lowest BCUT2D eigenvalue weighted by atomic mass is 10.1. The van der Waals surface area contributed by atoms with Crippen LogP contribution in [-0.4, -0.2) is 11.0 Å². The Labute approximate surface area is 98.9 Å². The topological polar surface area (TPSA) is 40.5 Å². The number of nitrogens with zero attached hydrogens (tertiary/aromatic N) is 1. The van der Waals surface area contributed by atoms with Crippen molar-refractivity contribution in [2.75, 3.05) is 4.90 Å². The second kappa shape index (κ2) is 3.63. The molecule has 0 unspecified atom stereocenters. The van der Waals surface area contributed by atoms with Crippen LogP contribution in [-0.2, 0) is 6.54 Å². The van der Waals surface area contributed by atoms with Gasteiger partial charge in [0.1, 0.15) is 5.75 Å². The molecule has 0 saturated heterocycles. The highest BCUT2D eigenvalue weighted by atomic mass is 16.3. The Kier molecular flexibility index (Phi) is 2.11. The third kappa shape index (κ3) is 1.47. The fourth-order valence-corrected chi connectivity index (χ4v) is 2.14. The van der Waals surface area contributed by atoms with Crippen molar-refractivity contribution in [3.8, 4) is 5.75 Å². The van der Waals surface area contributed by atoms with Crippen LogP contribution in [0.2, 0.25) is 0 Å². The van der Waals surface area contributed by atoms with Crippen molar-refractivity contribution in [3.05, 3.63) is 59.7 Å². The minimum atomic E-state index is -0.0536. The van der Waals surface area contributed by atoms with Gasteiger partial charge in [0.15, 0.2) is 0 Å². The van der Waals surface area contributed by atoms with E-state index in [9.17, 15) is 9.90 Å². The number of phenols is 1. The molecule has 0 bridgehead atoms. The van der Waals surface area contributed by atoms with Gasteiger partial charge in [0.2, 0.25) is 0 Å². The van der Waals surface area contributed by atoms with Crippen molar-refractivity contribution in [1.82, 2.24) is 0 Å². The van der Waals surface area contributed by atoms with Crippen molar-refractivity contribution in [2.45, 2.75) is 6.54 Å². The van der Waals surface area contributed by atoms with Gasteiger partial charge < -0.3 is 10.0 Å². The van der Waals surface area contributed by atoms with Gasteiger partial charge in [-0.15, -0.1) is 0 Å². The first-order valence-electron chi connectivity index (χ1n) is 5.45. The Morgan fingerprint density at radius 2 is 1.71 bits per heavy atom. The summed E-state index contributed by atoms with van der Waals surface area (Å²) in [7, 11) is 0. The Bertz CT molecular complexity index is 592. The molecule has 3 rings (SSSR count). The van der Waals surface area contributed by atoms with Gasteiger partial charge in [0, 0.05) is 5.56 Å². The standard InChI is InChI=1S/C14H11NO2/c16-13-8-4-3-7-12(13)15-9-10-5-1-2-6-11(10)14(15)17/h1-8,16H,9H2. The summed E-state index contributed by atoms with van der Waals surface area (Å²) < 4.78 is 0. The van der Waals surface area contributed by atoms with Gasteiger partial charge in [0.05, 0.1) is 12.2 Å². The van der Waals surface area contributed by atoms with E-state index >= 15 is 0 Å². The van der Waals surface area contributed by atoms with E-state index in [0.29, 0.717) is 12.2 Å². The minimum Gasteiger partial charge on any atom is -0.506 e. The van der Waals surface area contributed by atoms with Crippen LogP contribution in [0.4, 0.5) is 5.69 Å². The smallest absolute Gasteiger partial charge is 0.259 e. The molecule has 1 amide bonds. The van der Waals surface area contributed by atoms with Gasteiger partial charge in [-0.05, 0) is 23.8 Å². The van der Waals surface area contributed by atoms with E-state index in [0.717, 1.165) is 11.1 Å². The van der Waals surface area contributed by atoms with E-state index in [4.69, 9.17) is 0 Å². The highest BCUT2D eigenvalue weighted by molar-refractivity contribution is 6.10. The molecule has 3 nitrogen and oxygen atoms in total. The van der Waals surface area contributed by atoms with Crippen molar-refractivity contribution in [1.29, 1.82) is 0 Å². The summed E-state index contributed by atoms with van der Waals surface area (Å²) in [5, 5.41) is 9.77.